The number of carbonyl (C=O) groups excluding carboxylic acids is 1. The summed E-state index contributed by atoms with van der Waals surface area (Å²) in [6.45, 7) is 13.3. The van der Waals surface area contributed by atoms with Gasteiger partial charge in [0, 0.05) is 25.2 Å². The number of fused-ring (bicyclic) bond motifs is 1. The molecular formula is C16H30N2O2. The summed E-state index contributed by atoms with van der Waals surface area (Å²) >= 11 is 0. The maximum absolute atomic E-state index is 12.3. The van der Waals surface area contributed by atoms with E-state index in [1.165, 1.54) is 25.8 Å². The molecule has 0 N–H and O–H groups in total. The molecule has 116 valence electrons. The highest BCUT2D eigenvalue weighted by atomic mass is 16.6. The summed E-state index contributed by atoms with van der Waals surface area (Å²) in [7, 11) is 0. The number of carbonyl (C=O) groups is 1. The van der Waals surface area contributed by atoms with Crippen molar-refractivity contribution in [2.75, 3.05) is 19.6 Å². The topological polar surface area (TPSA) is 32.8 Å². The predicted octanol–water partition coefficient (Wildman–Crippen LogP) is 2.28. The van der Waals surface area contributed by atoms with Crippen molar-refractivity contribution in [3.05, 3.63) is 0 Å². The number of ether oxygens (including phenoxy) is 1. The number of hydrogen-bond donors (Lipinski definition) is 0. The molecule has 3 unspecified atom stereocenters. The molecule has 0 bridgehead atoms. The van der Waals surface area contributed by atoms with Crippen molar-refractivity contribution in [3.8, 4) is 0 Å². The standard InChI is InChI=1S/C16H30N2O2/c1-12-10-17-9-7-6-8-14(17)11-18(12)13(2)15(19)20-16(3,4)5/h12-14H,6-11H2,1-5H3. The summed E-state index contributed by atoms with van der Waals surface area (Å²) in [6, 6.07) is 0.907. The van der Waals surface area contributed by atoms with Gasteiger partial charge in [0.25, 0.3) is 0 Å². The van der Waals surface area contributed by atoms with Crippen molar-refractivity contribution in [2.45, 2.75) is 77.6 Å². The van der Waals surface area contributed by atoms with E-state index in [0.717, 1.165) is 13.1 Å². The van der Waals surface area contributed by atoms with Crippen molar-refractivity contribution >= 4 is 5.97 Å². The van der Waals surface area contributed by atoms with E-state index in [9.17, 15) is 4.79 Å². The van der Waals surface area contributed by atoms with Gasteiger partial charge in [-0.15, -0.1) is 0 Å². The van der Waals surface area contributed by atoms with Crippen LogP contribution in [0.3, 0.4) is 0 Å². The third-order valence-electron chi connectivity index (χ3n) is 4.48. The molecule has 2 saturated heterocycles. The van der Waals surface area contributed by atoms with Crippen LogP contribution in [0.1, 0.15) is 53.9 Å². The van der Waals surface area contributed by atoms with Gasteiger partial charge in [-0.2, -0.15) is 0 Å². The maximum atomic E-state index is 12.3. The summed E-state index contributed by atoms with van der Waals surface area (Å²) in [5, 5.41) is 0. The summed E-state index contributed by atoms with van der Waals surface area (Å²) < 4.78 is 5.54. The highest BCUT2D eigenvalue weighted by Gasteiger charge is 2.38. The summed E-state index contributed by atoms with van der Waals surface area (Å²) in [6.07, 6.45) is 3.92. The molecule has 2 rings (SSSR count). The van der Waals surface area contributed by atoms with Crippen LogP contribution in [-0.4, -0.2) is 59.1 Å². The van der Waals surface area contributed by atoms with E-state index in [1.54, 1.807) is 0 Å². The zero-order valence-electron chi connectivity index (χ0n) is 13.7. The third-order valence-corrected chi connectivity index (χ3v) is 4.48. The van der Waals surface area contributed by atoms with E-state index in [-0.39, 0.29) is 12.0 Å². The second kappa shape index (κ2) is 6.02. The fourth-order valence-electron chi connectivity index (χ4n) is 3.44. The molecule has 0 aromatic carbocycles. The van der Waals surface area contributed by atoms with Crippen LogP contribution < -0.4 is 0 Å². The van der Waals surface area contributed by atoms with Crippen LogP contribution >= 0.6 is 0 Å². The molecule has 0 aliphatic carbocycles. The van der Waals surface area contributed by atoms with Crippen LogP contribution in [-0.2, 0) is 9.53 Å². The quantitative estimate of drug-likeness (QED) is 0.728. The molecule has 4 nitrogen and oxygen atoms in total. The zero-order valence-corrected chi connectivity index (χ0v) is 13.7. The average Bonchev–Trinajstić information content (AvgIpc) is 2.35. The van der Waals surface area contributed by atoms with Crippen molar-refractivity contribution in [3.63, 3.8) is 0 Å². The molecule has 0 amide bonds. The number of piperidine rings is 1. The lowest BCUT2D eigenvalue weighted by atomic mass is 9.96. The summed E-state index contributed by atoms with van der Waals surface area (Å²) in [5.74, 6) is -0.0893. The molecule has 4 heteroatoms. The van der Waals surface area contributed by atoms with Crippen molar-refractivity contribution in [1.82, 2.24) is 9.80 Å². The zero-order chi connectivity index (χ0) is 14.9. The van der Waals surface area contributed by atoms with Gasteiger partial charge >= 0.3 is 5.97 Å². The van der Waals surface area contributed by atoms with E-state index < -0.39 is 5.60 Å². The van der Waals surface area contributed by atoms with Gasteiger partial charge in [0.2, 0.25) is 0 Å². The smallest absolute Gasteiger partial charge is 0.323 e. The normalized spacial score (nSPS) is 30.6. The molecule has 2 heterocycles. The van der Waals surface area contributed by atoms with Crippen molar-refractivity contribution in [2.24, 2.45) is 0 Å². The highest BCUT2D eigenvalue weighted by Crippen LogP contribution is 2.26. The van der Waals surface area contributed by atoms with Crippen LogP contribution in [0.15, 0.2) is 0 Å². The Hall–Kier alpha value is -0.610. The molecule has 0 aromatic rings. The van der Waals surface area contributed by atoms with E-state index in [4.69, 9.17) is 4.74 Å². The van der Waals surface area contributed by atoms with E-state index in [0.29, 0.717) is 12.1 Å². The SMILES string of the molecule is CC1CN2CCCCC2CN1C(C)C(=O)OC(C)(C)C. The predicted molar refractivity (Wildman–Crippen MR) is 80.7 cm³/mol. The van der Waals surface area contributed by atoms with Gasteiger partial charge in [-0.3, -0.25) is 14.6 Å². The lowest BCUT2D eigenvalue weighted by molar-refractivity contribution is -0.163. The molecule has 20 heavy (non-hydrogen) atoms. The molecule has 0 saturated carbocycles. The van der Waals surface area contributed by atoms with Gasteiger partial charge in [0.05, 0.1) is 0 Å². The number of nitrogens with zero attached hydrogens (tertiary/aromatic N) is 2. The van der Waals surface area contributed by atoms with Crippen LogP contribution in [0.2, 0.25) is 0 Å². The lowest BCUT2D eigenvalue weighted by Gasteiger charge is -2.49. The molecular weight excluding hydrogens is 252 g/mol. The molecule has 0 aromatic heterocycles. The molecule has 2 aliphatic rings. The molecule has 3 atom stereocenters. The first-order valence-electron chi connectivity index (χ1n) is 8.00. The van der Waals surface area contributed by atoms with Gasteiger partial charge in [-0.05, 0) is 54.0 Å². The van der Waals surface area contributed by atoms with Crippen LogP contribution in [0.25, 0.3) is 0 Å². The Morgan fingerprint density at radius 2 is 1.95 bits per heavy atom. The Morgan fingerprint density at radius 3 is 2.60 bits per heavy atom. The van der Waals surface area contributed by atoms with Gasteiger partial charge in [-0.1, -0.05) is 6.42 Å². The Bertz CT molecular complexity index is 351. The van der Waals surface area contributed by atoms with Gasteiger partial charge in [-0.25, -0.2) is 0 Å². The minimum atomic E-state index is -0.402. The minimum absolute atomic E-state index is 0.0893. The fraction of sp³-hybridized carbons (Fsp3) is 0.938. The number of hydrogen-bond acceptors (Lipinski definition) is 4. The van der Waals surface area contributed by atoms with Crippen molar-refractivity contribution < 1.29 is 9.53 Å². The average molecular weight is 282 g/mol. The summed E-state index contributed by atoms with van der Waals surface area (Å²) in [5.41, 5.74) is -0.402. The highest BCUT2D eigenvalue weighted by molar-refractivity contribution is 5.75. The second-order valence-corrected chi connectivity index (χ2v) is 7.40. The second-order valence-electron chi connectivity index (χ2n) is 7.40. The van der Waals surface area contributed by atoms with Gasteiger partial charge in [0.1, 0.15) is 11.6 Å². The fourth-order valence-corrected chi connectivity index (χ4v) is 3.44. The minimum Gasteiger partial charge on any atom is -0.459 e. The molecule has 2 fully saturated rings. The lowest BCUT2D eigenvalue weighted by Crippen LogP contribution is -2.62. The van der Waals surface area contributed by atoms with Gasteiger partial charge < -0.3 is 4.74 Å². The Kier molecular flexibility index (Phi) is 4.75. The number of rotatable bonds is 2. The molecule has 2 aliphatic heterocycles. The van der Waals surface area contributed by atoms with E-state index in [1.807, 2.05) is 27.7 Å². The summed E-state index contributed by atoms with van der Waals surface area (Å²) in [4.78, 5) is 17.2. The Morgan fingerprint density at radius 1 is 1.25 bits per heavy atom. The molecule has 0 radical (unpaired) electrons. The van der Waals surface area contributed by atoms with Crippen LogP contribution in [0, 0.1) is 0 Å². The third kappa shape index (κ3) is 3.73. The maximum Gasteiger partial charge on any atom is 0.323 e. The molecule has 0 spiro atoms. The number of piperazine rings is 1. The van der Waals surface area contributed by atoms with Gasteiger partial charge in [0.15, 0.2) is 0 Å². The van der Waals surface area contributed by atoms with Crippen LogP contribution in [0.4, 0.5) is 0 Å². The Balaban J connectivity index is 1.98. The monoisotopic (exact) mass is 282 g/mol. The van der Waals surface area contributed by atoms with E-state index >= 15 is 0 Å². The Labute approximate surface area is 123 Å². The first-order chi connectivity index (χ1) is 9.28. The van der Waals surface area contributed by atoms with Crippen molar-refractivity contribution in [1.29, 1.82) is 0 Å². The number of esters is 1. The van der Waals surface area contributed by atoms with E-state index in [2.05, 4.69) is 16.7 Å². The largest absolute Gasteiger partial charge is 0.459 e. The first-order valence-corrected chi connectivity index (χ1v) is 8.00. The van der Waals surface area contributed by atoms with Crippen LogP contribution in [0.5, 0.6) is 0 Å². The first kappa shape index (κ1) is 15.8.